The molecule has 3 rings (SSSR count). The Balaban J connectivity index is 2.30. The van der Waals surface area contributed by atoms with E-state index in [1.165, 1.54) is 6.07 Å². The van der Waals surface area contributed by atoms with Crippen LogP contribution >= 0.6 is 0 Å². The van der Waals surface area contributed by atoms with Gasteiger partial charge in [0.05, 0.1) is 23.4 Å². The topological polar surface area (TPSA) is 101 Å². The molecule has 0 aromatic heterocycles. The van der Waals surface area contributed by atoms with Crippen LogP contribution in [0.4, 0.5) is 8.78 Å². The van der Waals surface area contributed by atoms with E-state index in [2.05, 4.69) is 4.90 Å². The van der Waals surface area contributed by atoms with Crippen LogP contribution < -0.4 is 5.73 Å². The van der Waals surface area contributed by atoms with Crippen LogP contribution in [0.3, 0.4) is 0 Å². The fraction of sp³-hybridized carbons (Fsp3) is 0.381. The van der Waals surface area contributed by atoms with Crippen LogP contribution in [0, 0.1) is 57.0 Å². The molecule has 0 radical (unpaired) electrons. The summed E-state index contributed by atoms with van der Waals surface area (Å²) < 4.78 is 28.2. The molecule has 1 aliphatic heterocycles. The molecule has 1 aromatic rings. The summed E-state index contributed by atoms with van der Waals surface area (Å²) in [5.41, 5.74) is 4.87. The molecule has 5 nitrogen and oxygen atoms in total. The Labute approximate surface area is 162 Å². The van der Waals surface area contributed by atoms with Crippen molar-refractivity contribution >= 4 is 0 Å². The number of fused-ring (bicyclic) bond motifs is 1. The molecule has 0 saturated carbocycles. The highest BCUT2D eigenvalue weighted by Crippen LogP contribution is 2.54. The van der Waals surface area contributed by atoms with Crippen molar-refractivity contribution in [2.75, 3.05) is 19.6 Å². The Morgan fingerprint density at radius 1 is 1.25 bits per heavy atom. The predicted molar refractivity (Wildman–Crippen MR) is 97.9 cm³/mol. The molecule has 0 amide bonds. The summed E-state index contributed by atoms with van der Waals surface area (Å²) in [5, 5.41) is 29.5. The van der Waals surface area contributed by atoms with Crippen molar-refractivity contribution < 1.29 is 8.78 Å². The van der Waals surface area contributed by atoms with Gasteiger partial charge in [0.2, 0.25) is 0 Å². The lowest BCUT2D eigenvalue weighted by atomic mass is 9.58. The highest BCUT2D eigenvalue weighted by molar-refractivity contribution is 5.59. The van der Waals surface area contributed by atoms with E-state index in [-0.39, 0.29) is 16.8 Å². The first-order valence-corrected chi connectivity index (χ1v) is 9.04. The second kappa shape index (κ2) is 7.43. The Morgan fingerprint density at radius 3 is 2.54 bits per heavy atom. The van der Waals surface area contributed by atoms with E-state index in [4.69, 9.17) is 5.73 Å². The largest absolute Gasteiger partial charge is 0.399 e. The van der Waals surface area contributed by atoms with Crippen LogP contribution in [0.1, 0.15) is 24.8 Å². The quantitative estimate of drug-likeness (QED) is 0.870. The molecule has 2 aliphatic rings. The number of benzene rings is 1. The summed E-state index contributed by atoms with van der Waals surface area (Å²) in [6.07, 6.45) is 2.76. The Kier molecular flexibility index (Phi) is 5.18. The van der Waals surface area contributed by atoms with Crippen molar-refractivity contribution in [3.05, 3.63) is 58.3 Å². The van der Waals surface area contributed by atoms with Gasteiger partial charge >= 0.3 is 0 Å². The Bertz CT molecular complexity index is 976. The zero-order chi connectivity index (χ0) is 20.5. The van der Waals surface area contributed by atoms with Crippen LogP contribution in [0.2, 0.25) is 0 Å². The fourth-order valence-corrected chi connectivity index (χ4v) is 4.34. The molecule has 28 heavy (non-hydrogen) atoms. The monoisotopic (exact) mass is 379 g/mol. The van der Waals surface area contributed by atoms with Crippen molar-refractivity contribution in [2.24, 2.45) is 17.1 Å². The first-order chi connectivity index (χ1) is 13.4. The normalized spacial score (nSPS) is 23.8. The molecule has 0 spiro atoms. The van der Waals surface area contributed by atoms with Crippen molar-refractivity contribution in [2.45, 2.75) is 19.3 Å². The van der Waals surface area contributed by atoms with Gasteiger partial charge in [-0.3, -0.25) is 4.90 Å². The van der Waals surface area contributed by atoms with Gasteiger partial charge < -0.3 is 5.73 Å². The summed E-state index contributed by atoms with van der Waals surface area (Å²) in [7, 11) is 0. The van der Waals surface area contributed by atoms with Gasteiger partial charge in [0.15, 0.2) is 5.41 Å². The maximum absolute atomic E-state index is 14.7. The summed E-state index contributed by atoms with van der Waals surface area (Å²) in [6.45, 7) is 3.87. The van der Waals surface area contributed by atoms with E-state index < -0.39 is 28.9 Å². The van der Waals surface area contributed by atoms with Crippen molar-refractivity contribution in [1.82, 2.24) is 4.90 Å². The number of halogens is 2. The SMILES string of the molecule is CCCN1CC=C2C(C#N)=C(N)C(C#N)(C#N)[C@H](c3ccc(F)cc3F)[C@@H]2C1. The molecule has 1 heterocycles. The smallest absolute Gasteiger partial charge is 0.191 e. The molecular formula is C21H19F2N5. The zero-order valence-electron chi connectivity index (χ0n) is 15.4. The fourth-order valence-electron chi connectivity index (χ4n) is 4.34. The Hall–Kier alpha value is -3.21. The predicted octanol–water partition coefficient (Wildman–Crippen LogP) is 3.10. The number of rotatable bonds is 3. The minimum absolute atomic E-state index is 0.0543. The maximum Gasteiger partial charge on any atom is 0.191 e. The van der Waals surface area contributed by atoms with E-state index in [1.807, 2.05) is 31.2 Å². The van der Waals surface area contributed by atoms with Gasteiger partial charge in [0.1, 0.15) is 17.7 Å². The number of nitrogens with zero attached hydrogens (tertiary/aromatic N) is 4. The molecule has 2 atom stereocenters. The third-order valence-electron chi connectivity index (χ3n) is 5.58. The summed E-state index contributed by atoms with van der Waals surface area (Å²) in [4.78, 5) is 2.12. The van der Waals surface area contributed by atoms with Crippen LogP contribution in [-0.2, 0) is 0 Å². The first-order valence-electron chi connectivity index (χ1n) is 9.04. The molecule has 1 aromatic carbocycles. The highest BCUT2D eigenvalue weighted by Gasteiger charge is 2.55. The van der Waals surface area contributed by atoms with Gasteiger partial charge in [0, 0.05) is 31.0 Å². The highest BCUT2D eigenvalue weighted by atomic mass is 19.1. The van der Waals surface area contributed by atoms with E-state index >= 15 is 0 Å². The summed E-state index contributed by atoms with van der Waals surface area (Å²) >= 11 is 0. The lowest BCUT2D eigenvalue weighted by molar-refractivity contribution is 0.205. The first kappa shape index (κ1) is 19.5. The van der Waals surface area contributed by atoms with Gasteiger partial charge in [-0.1, -0.05) is 19.1 Å². The lowest BCUT2D eigenvalue weighted by Crippen LogP contribution is -2.48. The number of hydrogen-bond donors (Lipinski definition) is 1. The average molecular weight is 379 g/mol. The second-order valence-electron chi connectivity index (χ2n) is 7.10. The van der Waals surface area contributed by atoms with E-state index in [0.717, 1.165) is 25.1 Å². The van der Waals surface area contributed by atoms with Crippen molar-refractivity contribution in [3.8, 4) is 18.2 Å². The molecule has 142 valence electrons. The second-order valence-corrected chi connectivity index (χ2v) is 7.10. The molecular weight excluding hydrogens is 360 g/mol. The third-order valence-corrected chi connectivity index (χ3v) is 5.58. The minimum Gasteiger partial charge on any atom is -0.399 e. The van der Waals surface area contributed by atoms with Crippen LogP contribution in [0.5, 0.6) is 0 Å². The molecule has 0 bridgehead atoms. The lowest BCUT2D eigenvalue weighted by Gasteiger charge is -2.45. The van der Waals surface area contributed by atoms with E-state index in [0.29, 0.717) is 18.7 Å². The molecule has 7 heteroatoms. The minimum atomic E-state index is -1.92. The number of nitriles is 3. The van der Waals surface area contributed by atoms with Gasteiger partial charge in [0.25, 0.3) is 0 Å². The van der Waals surface area contributed by atoms with Gasteiger partial charge in [-0.25, -0.2) is 8.78 Å². The molecule has 1 aliphatic carbocycles. The standard InChI is InChI=1S/C21H19F2N5/c1-2-6-28-7-5-14-16(9-24)20(27)21(11-25,12-26)19(17(14)10-28)15-4-3-13(22)8-18(15)23/h3-5,8,17,19H,2,6-7,10,27H2,1H3/t17-,19-/m1/s1. The maximum atomic E-state index is 14.7. The third kappa shape index (κ3) is 2.83. The molecule has 0 saturated heterocycles. The van der Waals surface area contributed by atoms with Crippen LogP contribution in [-0.4, -0.2) is 24.5 Å². The summed E-state index contributed by atoms with van der Waals surface area (Å²) in [5.74, 6) is -3.02. The van der Waals surface area contributed by atoms with Gasteiger partial charge in [-0.15, -0.1) is 0 Å². The van der Waals surface area contributed by atoms with Gasteiger partial charge in [-0.05, 0) is 30.2 Å². The number of hydrogen-bond acceptors (Lipinski definition) is 5. The van der Waals surface area contributed by atoms with Gasteiger partial charge in [-0.2, -0.15) is 15.8 Å². The van der Waals surface area contributed by atoms with Crippen LogP contribution in [0.25, 0.3) is 0 Å². The number of allylic oxidation sites excluding steroid dienone is 2. The molecule has 0 unspecified atom stereocenters. The van der Waals surface area contributed by atoms with Crippen molar-refractivity contribution in [1.29, 1.82) is 15.8 Å². The zero-order valence-corrected chi connectivity index (χ0v) is 15.4. The van der Waals surface area contributed by atoms with E-state index in [9.17, 15) is 24.6 Å². The van der Waals surface area contributed by atoms with E-state index in [1.54, 1.807) is 0 Å². The summed E-state index contributed by atoms with van der Waals surface area (Å²) in [6, 6.07) is 9.04. The Morgan fingerprint density at radius 2 is 1.96 bits per heavy atom. The number of nitrogens with two attached hydrogens (primary N) is 1. The van der Waals surface area contributed by atoms with Crippen LogP contribution in [0.15, 0.2) is 41.1 Å². The average Bonchev–Trinajstić information content (AvgIpc) is 2.68. The molecule has 0 fully saturated rings. The van der Waals surface area contributed by atoms with Crippen molar-refractivity contribution in [3.63, 3.8) is 0 Å². The molecule has 2 N–H and O–H groups in total.